The maximum atomic E-state index is 12.4. The molecule has 1 aromatic carbocycles. The molecule has 1 saturated heterocycles. The van der Waals surface area contributed by atoms with Gasteiger partial charge < -0.3 is 10.2 Å². The first-order valence-corrected chi connectivity index (χ1v) is 7.74. The highest BCUT2D eigenvalue weighted by molar-refractivity contribution is 6.30. The minimum atomic E-state index is -4.85. The predicted molar refractivity (Wildman–Crippen MR) is 84.3 cm³/mol. The Bertz CT molecular complexity index is 638. The highest BCUT2D eigenvalue weighted by Crippen LogP contribution is 2.21. The number of benzene rings is 1. The van der Waals surface area contributed by atoms with Crippen molar-refractivity contribution in [2.24, 2.45) is 0 Å². The summed E-state index contributed by atoms with van der Waals surface area (Å²) in [5.41, 5.74) is 0.767. The Morgan fingerprint density at radius 3 is 2.50 bits per heavy atom. The van der Waals surface area contributed by atoms with Crippen LogP contribution in [0.25, 0.3) is 6.08 Å². The standard InChI is InChI=1S/C16H16ClF3N2O2/c17-12-3-1-2-11(10-12)4-5-14(23)21-13-6-8-22(9-7-13)15(24)16(18,19)20/h1-5,10,13H,6-9H2,(H,21,23)/b5-4+. The second-order valence-electron chi connectivity index (χ2n) is 5.46. The molecule has 1 aromatic rings. The lowest BCUT2D eigenvalue weighted by atomic mass is 10.0. The van der Waals surface area contributed by atoms with Gasteiger partial charge in [0.1, 0.15) is 0 Å². The molecule has 0 unspecified atom stereocenters. The van der Waals surface area contributed by atoms with E-state index in [1.807, 2.05) is 0 Å². The Morgan fingerprint density at radius 1 is 1.25 bits per heavy atom. The molecule has 0 atom stereocenters. The number of hydrogen-bond donors (Lipinski definition) is 1. The molecule has 1 fully saturated rings. The second-order valence-corrected chi connectivity index (χ2v) is 5.90. The molecule has 4 nitrogen and oxygen atoms in total. The molecule has 0 saturated carbocycles. The molecule has 130 valence electrons. The third-order valence-electron chi connectivity index (χ3n) is 3.65. The largest absolute Gasteiger partial charge is 0.471 e. The molecule has 0 aromatic heterocycles. The quantitative estimate of drug-likeness (QED) is 0.842. The van der Waals surface area contributed by atoms with Gasteiger partial charge >= 0.3 is 12.1 Å². The van der Waals surface area contributed by atoms with Crippen molar-refractivity contribution in [2.75, 3.05) is 13.1 Å². The number of hydrogen-bond acceptors (Lipinski definition) is 2. The van der Waals surface area contributed by atoms with Gasteiger partial charge in [0.15, 0.2) is 0 Å². The zero-order valence-electron chi connectivity index (χ0n) is 12.6. The van der Waals surface area contributed by atoms with Crippen LogP contribution >= 0.6 is 11.6 Å². The van der Waals surface area contributed by atoms with E-state index < -0.39 is 12.1 Å². The van der Waals surface area contributed by atoms with Crippen molar-refractivity contribution in [3.8, 4) is 0 Å². The highest BCUT2D eigenvalue weighted by atomic mass is 35.5. The predicted octanol–water partition coefficient (Wildman–Crippen LogP) is 3.02. The number of rotatable bonds is 3. The zero-order chi connectivity index (χ0) is 17.7. The summed E-state index contributed by atoms with van der Waals surface area (Å²) in [7, 11) is 0. The zero-order valence-corrected chi connectivity index (χ0v) is 13.4. The molecule has 2 amide bonds. The molecule has 24 heavy (non-hydrogen) atoms. The van der Waals surface area contributed by atoms with E-state index in [0.29, 0.717) is 17.9 Å². The average molecular weight is 361 g/mol. The van der Waals surface area contributed by atoms with Gasteiger partial charge in [-0.05, 0) is 36.6 Å². The average Bonchev–Trinajstić information content (AvgIpc) is 2.52. The van der Waals surface area contributed by atoms with Crippen LogP contribution in [0.3, 0.4) is 0 Å². The van der Waals surface area contributed by atoms with Crippen LogP contribution in [0.1, 0.15) is 18.4 Å². The van der Waals surface area contributed by atoms with E-state index in [-0.39, 0.29) is 25.0 Å². The lowest BCUT2D eigenvalue weighted by Gasteiger charge is -2.32. The van der Waals surface area contributed by atoms with E-state index >= 15 is 0 Å². The van der Waals surface area contributed by atoms with Gasteiger partial charge in [0.2, 0.25) is 5.91 Å². The summed E-state index contributed by atoms with van der Waals surface area (Å²) in [5.74, 6) is -2.16. The molecule has 1 aliphatic rings. The van der Waals surface area contributed by atoms with Crippen molar-refractivity contribution in [1.82, 2.24) is 10.2 Å². The van der Waals surface area contributed by atoms with Crippen molar-refractivity contribution < 1.29 is 22.8 Å². The van der Waals surface area contributed by atoms with Crippen LogP contribution in [0.5, 0.6) is 0 Å². The monoisotopic (exact) mass is 360 g/mol. The molecular formula is C16H16ClF3N2O2. The normalized spacial score (nSPS) is 16.4. The van der Waals surface area contributed by atoms with E-state index in [1.54, 1.807) is 30.3 Å². The Hall–Kier alpha value is -2.02. The van der Waals surface area contributed by atoms with Crippen molar-refractivity contribution in [3.63, 3.8) is 0 Å². The Balaban J connectivity index is 1.81. The number of amides is 2. The van der Waals surface area contributed by atoms with Gasteiger partial charge in [0.05, 0.1) is 0 Å². The third-order valence-corrected chi connectivity index (χ3v) is 3.88. The lowest BCUT2D eigenvalue weighted by molar-refractivity contribution is -0.186. The van der Waals surface area contributed by atoms with Crippen LogP contribution in [-0.4, -0.2) is 42.0 Å². The number of nitrogens with zero attached hydrogens (tertiary/aromatic N) is 1. The summed E-state index contributed by atoms with van der Waals surface area (Å²) in [4.78, 5) is 23.7. The number of carbonyl (C=O) groups excluding carboxylic acids is 2. The first kappa shape index (κ1) is 18.3. The molecule has 0 radical (unpaired) electrons. The van der Waals surface area contributed by atoms with Gasteiger partial charge in [-0.1, -0.05) is 23.7 Å². The van der Waals surface area contributed by atoms with E-state index in [2.05, 4.69) is 5.32 Å². The fourth-order valence-corrected chi connectivity index (χ4v) is 2.64. The van der Waals surface area contributed by atoms with Crippen LogP contribution in [0.15, 0.2) is 30.3 Å². The third kappa shape index (κ3) is 5.26. The molecule has 0 aliphatic carbocycles. The first-order valence-electron chi connectivity index (χ1n) is 7.36. The van der Waals surface area contributed by atoms with E-state index in [1.165, 1.54) is 6.08 Å². The number of piperidine rings is 1. The molecule has 0 bridgehead atoms. The van der Waals surface area contributed by atoms with E-state index in [9.17, 15) is 22.8 Å². The molecular weight excluding hydrogens is 345 g/mol. The van der Waals surface area contributed by atoms with Gasteiger partial charge in [-0.3, -0.25) is 9.59 Å². The fourth-order valence-electron chi connectivity index (χ4n) is 2.44. The summed E-state index contributed by atoms with van der Waals surface area (Å²) in [6, 6.07) is 6.71. The first-order chi connectivity index (χ1) is 11.3. The maximum Gasteiger partial charge on any atom is 0.471 e. The molecule has 0 spiro atoms. The second kappa shape index (κ2) is 7.70. The number of alkyl halides is 3. The van der Waals surface area contributed by atoms with Crippen molar-refractivity contribution >= 4 is 29.5 Å². The number of halogens is 4. The number of likely N-dealkylation sites (tertiary alicyclic amines) is 1. The van der Waals surface area contributed by atoms with Crippen LogP contribution < -0.4 is 5.32 Å². The molecule has 1 heterocycles. The molecule has 2 rings (SSSR count). The topological polar surface area (TPSA) is 49.4 Å². The summed E-state index contributed by atoms with van der Waals surface area (Å²) in [6.45, 7) is -0.0530. The smallest absolute Gasteiger partial charge is 0.350 e. The van der Waals surface area contributed by atoms with Gasteiger partial charge in [-0.2, -0.15) is 13.2 Å². The van der Waals surface area contributed by atoms with Gasteiger partial charge in [-0.25, -0.2) is 0 Å². The molecule has 8 heteroatoms. The Labute approximate surface area is 142 Å². The number of carbonyl (C=O) groups is 2. The van der Waals surface area contributed by atoms with Crippen molar-refractivity contribution in [2.45, 2.75) is 25.1 Å². The van der Waals surface area contributed by atoms with Gasteiger partial charge in [0, 0.05) is 30.2 Å². The van der Waals surface area contributed by atoms with E-state index in [4.69, 9.17) is 11.6 Å². The minimum Gasteiger partial charge on any atom is -0.350 e. The van der Waals surface area contributed by atoms with Crippen LogP contribution in [0, 0.1) is 0 Å². The summed E-state index contributed by atoms with van der Waals surface area (Å²) < 4.78 is 37.1. The Morgan fingerprint density at radius 2 is 1.92 bits per heavy atom. The minimum absolute atomic E-state index is 0.0265. The maximum absolute atomic E-state index is 12.4. The van der Waals surface area contributed by atoms with Gasteiger partial charge in [0.25, 0.3) is 0 Å². The Kier molecular flexibility index (Phi) is 5.88. The van der Waals surface area contributed by atoms with Crippen LogP contribution in [-0.2, 0) is 9.59 Å². The number of nitrogens with one attached hydrogen (secondary N) is 1. The van der Waals surface area contributed by atoms with Crippen LogP contribution in [0.4, 0.5) is 13.2 Å². The highest BCUT2D eigenvalue weighted by Gasteiger charge is 2.43. The SMILES string of the molecule is O=C(/C=C/c1cccc(Cl)c1)NC1CCN(C(=O)C(F)(F)F)CC1. The lowest BCUT2D eigenvalue weighted by Crippen LogP contribution is -2.49. The van der Waals surface area contributed by atoms with Crippen LogP contribution in [0.2, 0.25) is 5.02 Å². The van der Waals surface area contributed by atoms with E-state index in [0.717, 1.165) is 10.5 Å². The summed E-state index contributed by atoms with van der Waals surface area (Å²) >= 11 is 5.84. The summed E-state index contributed by atoms with van der Waals surface area (Å²) in [6.07, 6.45) is -1.32. The summed E-state index contributed by atoms with van der Waals surface area (Å²) in [5, 5.41) is 3.28. The fraction of sp³-hybridized carbons (Fsp3) is 0.375. The van der Waals surface area contributed by atoms with Crippen molar-refractivity contribution in [1.29, 1.82) is 0 Å². The molecule has 1 N–H and O–H groups in total. The molecule has 1 aliphatic heterocycles. The van der Waals surface area contributed by atoms with Crippen molar-refractivity contribution in [3.05, 3.63) is 40.9 Å². The van der Waals surface area contributed by atoms with Gasteiger partial charge in [-0.15, -0.1) is 0 Å².